The van der Waals surface area contributed by atoms with Crippen LogP contribution >= 0.6 is 0 Å². The molecule has 4 rings (SSSR count). The molecule has 1 nitrogen and oxygen atoms in total. The third kappa shape index (κ3) is 11.3. The van der Waals surface area contributed by atoms with Gasteiger partial charge in [0, 0.05) is 17.1 Å². The van der Waals surface area contributed by atoms with E-state index in [-0.39, 0.29) is 0 Å². The zero-order chi connectivity index (χ0) is 27.9. The zero-order valence-electron chi connectivity index (χ0n) is 24.7. The molecule has 0 aliphatic heterocycles. The van der Waals surface area contributed by atoms with Gasteiger partial charge in [0.05, 0.1) is 0 Å². The molecule has 3 aromatic carbocycles. The molecule has 0 atom stereocenters. The molecular weight excluding hydrogens is 446 g/mol. The molecule has 198 valence electrons. The lowest BCUT2D eigenvalue weighted by Gasteiger charge is -2.25. The maximum absolute atomic E-state index is 2.28. The Morgan fingerprint density at radius 2 is 0.892 bits per heavy atom. The standard InChI is InChI=1S/C28H25N.4C2H6/c1-2-9-24-16-17-25(22-24)15-14-23-18-20-28(21-19-23)29(26-10-5-3-6-11-26)27-12-7-4-8-13-27;4*1-2/h2-21H,22H2,1H3;4*1-2H3. The number of hydrogen-bond donors (Lipinski definition) is 0. The van der Waals surface area contributed by atoms with Gasteiger partial charge < -0.3 is 4.90 Å². The van der Waals surface area contributed by atoms with E-state index in [1.807, 2.05) is 55.4 Å². The van der Waals surface area contributed by atoms with Gasteiger partial charge in [-0.25, -0.2) is 0 Å². The van der Waals surface area contributed by atoms with Gasteiger partial charge in [-0.05, 0) is 66.5 Å². The van der Waals surface area contributed by atoms with Gasteiger partial charge in [-0.3, -0.25) is 0 Å². The minimum atomic E-state index is 1.01. The SMILES string of the molecule is CC.CC.CC.CC.CC=CC1=CC=C(C=Cc2ccc(N(c3ccccc3)c3ccccc3)cc2)C1. The van der Waals surface area contributed by atoms with E-state index in [1.165, 1.54) is 16.7 Å². The first-order chi connectivity index (χ1) is 18.3. The van der Waals surface area contributed by atoms with Gasteiger partial charge in [0.2, 0.25) is 0 Å². The highest BCUT2D eigenvalue weighted by Gasteiger charge is 2.11. The Kier molecular flexibility index (Phi) is 19.6. The highest BCUT2D eigenvalue weighted by molar-refractivity contribution is 5.77. The van der Waals surface area contributed by atoms with Gasteiger partial charge in [-0.15, -0.1) is 0 Å². The van der Waals surface area contributed by atoms with Crippen LogP contribution in [0.4, 0.5) is 17.1 Å². The summed E-state index contributed by atoms with van der Waals surface area (Å²) in [6.45, 7) is 18.1. The fourth-order valence-electron chi connectivity index (χ4n) is 3.55. The first kappa shape index (κ1) is 33.4. The molecule has 0 amide bonds. The van der Waals surface area contributed by atoms with Crippen LogP contribution in [0.5, 0.6) is 0 Å². The average Bonchev–Trinajstić information content (AvgIpc) is 3.46. The van der Waals surface area contributed by atoms with E-state index in [0.29, 0.717) is 0 Å². The maximum atomic E-state index is 2.28. The van der Waals surface area contributed by atoms with E-state index in [1.54, 1.807) is 0 Å². The lowest BCUT2D eigenvalue weighted by molar-refractivity contribution is 1.25. The topological polar surface area (TPSA) is 3.24 Å². The highest BCUT2D eigenvalue weighted by atomic mass is 15.1. The van der Waals surface area contributed by atoms with Crippen LogP contribution in [0.2, 0.25) is 0 Å². The molecule has 0 N–H and O–H groups in total. The minimum Gasteiger partial charge on any atom is -0.311 e. The van der Waals surface area contributed by atoms with Crippen molar-refractivity contribution in [2.24, 2.45) is 0 Å². The Morgan fingerprint density at radius 3 is 1.32 bits per heavy atom. The monoisotopic (exact) mass is 495 g/mol. The summed E-state index contributed by atoms with van der Waals surface area (Å²) in [5.41, 5.74) is 7.37. The minimum absolute atomic E-state index is 1.01. The first-order valence-corrected chi connectivity index (χ1v) is 14.0. The second-order valence-corrected chi connectivity index (χ2v) is 7.09. The maximum Gasteiger partial charge on any atom is 0.0462 e. The fourth-order valence-corrected chi connectivity index (χ4v) is 3.55. The molecule has 0 aromatic heterocycles. The van der Waals surface area contributed by atoms with Crippen LogP contribution < -0.4 is 4.90 Å². The van der Waals surface area contributed by atoms with E-state index in [9.17, 15) is 0 Å². The largest absolute Gasteiger partial charge is 0.311 e. The van der Waals surface area contributed by atoms with Gasteiger partial charge in [-0.2, -0.15) is 0 Å². The quantitative estimate of drug-likeness (QED) is 0.328. The third-order valence-corrected chi connectivity index (χ3v) is 4.97. The second-order valence-electron chi connectivity index (χ2n) is 7.09. The van der Waals surface area contributed by atoms with Crippen molar-refractivity contribution in [2.75, 3.05) is 4.90 Å². The lowest BCUT2D eigenvalue weighted by Crippen LogP contribution is -2.09. The summed E-state index contributed by atoms with van der Waals surface area (Å²) in [4.78, 5) is 2.28. The molecule has 0 saturated heterocycles. The van der Waals surface area contributed by atoms with Gasteiger partial charge in [0.15, 0.2) is 0 Å². The van der Waals surface area contributed by atoms with Crippen molar-refractivity contribution in [3.8, 4) is 0 Å². The summed E-state index contributed by atoms with van der Waals surface area (Å²) < 4.78 is 0. The number of benzene rings is 3. The molecular formula is C36H49N. The lowest BCUT2D eigenvalue weighted by atomic mass is 10.1. The molecule has 0 bridgehead atoms. The van der Waals surface area contributed by atoms with Crippen molar-refractivity contribution in [1.82, 2.24) is 0 Å². The molecule has 37 heavy (non-hydrogen) atoms. The van der Waals surface area contributed by atoms with E-state index in [2.05, 4.69) is 133 Å². The second kappa shape index (κ2) is 21.7. The van der Waals surface area contributed by atoms with Crippen LogP contribution in [0, 0.1) is 0 Å². The van der Waals surface area contributed by atoms with Crippen LogP contribution in [0.1, 0.15) is 74.3 Å². The summed E-state index contributed by atoms with van der Waals surface area (Å²) in [5.74, 6) is 0. The van der Waals surface area contributed by atoms with Crippen molar-refractivity contribution >= 4 is 23.1 Å². The van der Waals surface area contributed by atoms with Crippen molar-refractivity contribution < 1.29 is 0 Å². The molecule has 1 aliphatic carbocycles. The van der Waals surface area contributed by atoms with Crippen LogP contribution in [-0.2, 0) is 0 Å². The number of anilines is 3. The van der Waals surface area contributed by atoms with E-state index in [4.69, 9.17) is 0 Å². The Bertz CT molecular complexity index is 1010. The molecule has 1 heteroatoms. The van der Waals surface area contributed by atoms with Gasteiger partial charge >= 0.3 is 0 Å². The molecule has 1 aliphatic rings. The normalized spacial score (nSPS) is 11.4. The molecule has 0 radical (unpaired) electrons. The molecule has 0 spiro atoms. The van der Waals surface area contributed by atoms with Crippen LogP contribution in [0.3, 0.4) is 0 Å². The summed E-state index contributed by atoms with van der Waals surface area (Å²) >= 11 is 0. The number of rotatable bonds is 6. The zero-order valence-corrected chi connectivity index (χ0v) is 24.7. The molecule has 3 aromatic rings. The predicted octanol–water partition coefficient (Wildman–Crippen LogP) is 12.1. The molecule has 0 fully saturated rings. The van der Waals surface area contributed by atoms with E-state index < -0.39 is 0 Å². The molecule has 0 heterocycles. The van der Waals surface area contributed by atoms with Crippen molar-refractivity contribution in [3.05, 3.63) is 132 Å². The number of allylic oxidation sites excluding steroid dienone is 7. The highest BCUT2D eigenvalue weighted by Crippen LogP contribution is 2.34. The number of hydrogen-bond acceptors (Lipinski definition) is 1. The van der Waals surface area contributed by atoms with Crippen molar-refractivity contribution in [1.29, 1.82) is 0 Å². The van der Waals surface area contributed by atoms with Crippen molar-refractivity contribution in [2.45, 2.75) is 68.7 Å². The summed E-state index contributed by atoms with van der Waals surface area (Å²) in [6.07, 6.45) is 14.1. The van der Waals surface area contributed by atoms with Crippen LogP contribution in [0.15, 0.2) is 126 Å². The van der Waals surface area contributed by atoms with Crippen LogP contribution in [-0.4, -0.2) is 0 Å². The van der Waals surface area contributed by atoms with Gasteiger partial charge in [0.25, 0.3) is 0 Å². The summed E-state index contributed by atoms with van der Waals surface area (Å²) in [5, 5.41) is 0. The summed E-state index contributed by atoms with van der Waals surface area (Å²) in [6, 6.07) is 29.7. The van der Waals surface area contributed by atoms with Gasteiger partial charge in [0.1, 0.15) is 0 Å². The molecule has 0 saturated carbocycles. The van der Waals surface area contributed by atoms with Gasteiger partial charge in [-0.1, -0.05) is 140 Å². The average molecular weight is 496 g/mol. The Hall–Kier alpha value is -3.58. The number of para-hydroxylation sites is 2. The molecule has 0 unspecified atom stereocenters. The Morgan fingerprint density at radius 1 is 0.486 bits per heavy atom. The smallest absolute Gasteiger partial charge is 0.0462 e. The Balaban J connectivity index is 0.00000148. The first-order valence-electron chi connectivity index (χ1n) is 14.0. The fraction of sp³-hybridized carbons (Fsp3) is 0.278. The van der Waals surface area contributed by atoms with Crippen LogP contribution in [0.25, 0.3) is 6.08 Å². The van der Waals surface area contributed by atoms with Crippen molar-refractivity contribution in [3.63, 3.8) is 0 Å². The summed E-state index contributed by atoms with van der Waals surface area (Å²) in [7, 11) is 0. The van der Waals surface area contributed by atoms with E-state index in [0.717, 1.165) is 23.5 Å². The van der Waals surface area contributed by atoms with E-state index >= 15 is 0 Å². The Labute approximate surface area is 228 Å². The third-order valence-electron chi connectivity index (χ3n) is 4.97. The predicted molar refractivity (Wildman–Crippen MR) is 171 cm³/mol. The number of nitrogens with zero attached hydrogens (tertiary/aromatic N) is 1.